The molecule has 0 aliphatic heterocycles. The molecule has 1 heterocycles. The zero-order valence-corrected chi connectivity index (χ0v) is 11.2. The summed E-state index contributed by atoms with van der Waals surface area (Å²) in [5.41, 5.74) is 7.27. The van der Waals surface area contributed by atoms with E-state index in [1.807, 2.05) is 19.1 Å². The molecular formula is C14H22N4. The second-order valence-corrected chi connectivity index (χ2v) is 5.16. The molecule has 1 fully saturated rings. The smallest absolute Gasteiger partial charge is 0.129 e. The predicted molar refractivity (Wildman–Crippen MR) is 75.2 cm³/mol. The SMILES string of the molecule is CCCN(CC1CC1)c1cc(C(=N)N)cc(C)n1. The third kappa shape index (κ3) is 3.22. The summed E-state index contributed by atoms with van der Waals surface area (Å²) >= 11 is 0. The fourth-order valence-corrected chi connectivity index (χ4v) is 2.15. The number of nitrogen functional groups attached to an aromatic ring is 1. The van der Waals surface area contributed by atoms with E-state index in [0.717, 1.165) is 42.5 Å². The van der Waals surface area contributed by atoms with Crippen LogP contribution < -0.4 is 10.6 Å². The number of nitrogens with one attached hydrogen (secondary N) is 1. The fourth-order valence-electron chi connectivity index (χ4n) is 2.15. The molecule has 1 aromatic heterocycles. The van der Waals surface area contributed by atoms with Crippen molar-refractivity contribution in [3.63, 3.8) is 0 Å². The van der Waals surface area contributed by atoms with Crippen molar-refractivity contribution in [3.05, 3.63) is 23.4 Å². The summed E-state index contributed by atoms with van der Waals surface area (Å²) in [5, 5.41) is 7.56. The Bertz CT molecular complexity index is 437. The van der Waals surface area contributed by atoms with Crippen molar-refractivity contribution in [2.45, 2.75) is 33.1 Å². The van der Waals surface area contributed by atoms with Gasteiger partial charge in [0.1, 0.15) is 11.7 Å². The molecule has 18 heavy (non-hydrogen) atoms. The van der Waals surface area contributed by atoms with Crippen LogP contribution in [0.15, 0.2) is 12.1 Å². The molecule has 0 saturated heterocycles. The van der Waals surface area contributed by atoms with Gasteiger partial charge in [-0.15, -0.1) is 0 Å². The minimum atomic E-state index is 0.115. The number of hydrogen-bond acceptors (Lipinski definition) is 3. The first-order valence-electron chi connectivity index (χ1n) is 6.68. The standard InChI is InChI=1S/C14H22N4/c1-3-6-18(9-11-4-5-11)13-8-12(14(15)16)7-10(2)17-13/h7-8,11H,3-6,9H2,1-2H3,(H3,15,16). The number of aromatic nitrogens is 1. The van der Waals surface area contributed by atoms with Crippen molar-refractivity contribution in [2.24, 2.45) is 11.7 Å². The number of aryl methyl sites for hydroxylation is 1. The van der Waals surface area contributed by atoms with Crippen molar-refractivity contribution in [1.29, 1.82) is 5.41 Å². The monoisotopic (exact) mass is 246 g/mol. The van der Waals surface area contributed by atoms with Crippen molar-refractivity contribution in [2.75, 3.05) is 18.0 Å². The maximum atomic E-state index is 7.56. The van der Waals surface area contributed by atoms with E-state index >= 15 is 0 Å². The van der Waals surface area contributed by atoms with Gasteiger partial charge in [-0.2, -0.15) is 0 Å². The Balaban J connectivity index is 2.24. The molecule has 1 saturated carbocycles. The van der Waals surface area contributed by atoms with Crippen molar-refractivity contribution in [1.82, 2.24) is 4.98 Å². The fraction of sp³-hybridized carbons (Fsp3) is 0.571. The van der Waals surface area contributed by atoms with Crippen LogP contribution in [-0.4, -0.2) is 23.9 Å². The third-order valence-electron chi connectivity index (χ3n) is 3.24. The Kier molecular flexibility index (Phi) is 3.84. The number of anilines is 1. The van der Waals surface area contributed by atoms with Crippen LogP contribution in [0.1, 0.15) is 37.4 Å². The van der Waals surface area contributed by atoms with Crippen LogP contribution in [0.2, 0.25) is 0 Å². The topological polar surface area (TPSA) is 66.0 Å². The third-order valence-corrected chi connectivity index (χ3v) is 3.24. The molecule has 2 rings (SSSR count). The first-order valence-corrected chi connectivity index (χ1v) is 6.68. The molecule has 1 aliphatic rings. The lowest BCUT2D eigenvalue weighted by molar-refractivity contribution is 0.698. The lowest BCUT2D eigenvalue weighted by Gasteiger charge is -2.24. The highest BCUT2D eigenvalue weighted by Crippen LogP contribution is 2.31. The highest BCUT2D eigenvalue weighted by atomic mass is 15.2. The Morgan fingerprint density at radius 1 is 1.50 bits per heavy atom. The molecule has 1 aliphatic carbocycles. The summed E-state index contributed by atoms with van der Waals surface area (Å²) in [7, 11) is 0. The Hall–Kier alpha value is -1.58. The van der Waals surface area contributed by atoms with Gasteiger partial charge in [0.25, 0.3) is 0 Å². The first-order chi connectivity index (χ1) is 8.60. The van der Waals surface area contributed by atoms with E-state index in [2.05, 4.69) is 16.8 Å². The zero-order valence-electron chi connectivity index (χ0n) is 11.2. The quantitative estimate of drug-likeness (QED) is 0.598. The van der Waals surface area contributed by atoms with Gasteiger partial charge in [0.15, 0.2) is 0 Å². The molecule has 3 N–H and O–H groups in total. The number of hydrogen-bond donors (Lipinski definition) is 2. The molecule has 0 aromatic carbocycles. The molecular weight excluding hydrogens is 224 g/mol. The predicted octanol–water partition coefficient (Wildman–Crippen LogP) is 2.30. The minimum Gasteiger partial charge on any atom is -0.384 e. The number of nitrogens with zero attached hydrogens (tertiary/aromatic N) is 2. The number of amidine groups is 1. The number of nitrogens with two attached hydrogens (primary N) is 1. The summed E-state index contributed by atoms with van der Waals surface area (Å²) < 4.78 is 0. The van der Waals surface area contributed by atoms with E-state index in [1.54, 1.807) is 0 Å². The van der Waals surface area contributed by atoms with Gasteiger partial charge < -0.3 is 10.6 Å². The molecule has 98 valence electrons. The molecule has 1 aromatic rings. The van der Waals surface area contributed by atoms with Crippen molar-refractivity contribution < 1.29 is 0 Å². The van der Waals surface area contributed by atoms with E-state index in [-0.39, 0.29) is 5.84 Å². The normalized spacial score (nSPS) is 14.6. The van der Waals surface area contributed by atoms with Gasteiger partial charge in [0, 0.05) is 24.3 Å². The van der Waals surface area contributed by atoms with E-state index in [1.165, 1.54) is 12.8 Å². The van der Waals surface area contributed by atoms with Gasteiger partial charge >= 0.3 is 0 Å². The summed E-state index contributed by atoms with van der Waals surface area (Å²) in [4.78, 5) is 6.92. The van der Waals surface area contributed by atoms with Crippen LogP contribution in [0.25, 0.3) is 0 Å². The second kappa shape index (κ2) is 5.38. The van der Waals surface area contributed by atoms with Gasteiger partial charge in [-0.3, -0.25) is 5.41 Å². The highest BCUT2D eigenvalue weighted by Gasteiger charge is 2.24. The van der Waals surface area contributed by atoms with Crippen LogP contribution >= 0.6 is 0 Å². The van der Waals surface area contributed by atoms with Crippen LogP contribution in [-0.2, 0) is 0 Å². The number of rotatable bonds is 6. The molecule has 0 radical (unpaired) electrons. The Labute approximate surface area is 109 Å². The van der Waals surface area contributed by atoms with Crippen LogP contribution in [0.5, 0.6) is 0 Å². The van der Waals surface area contributed by atoms with Crippen LogP contribution in [0.4, 0.5) is 5.82 Å². The maximum Gasteiger partial charge on any atom is 0.129 e. The zero-order chi connectivity index (χ0) is 13.1. The van der Waals surface area contributed by atoms with Crippen molar-refractivity contribution in [3.8, 4) is 0 Å². The van der Waals surface area contributed by atoms with Gasteiger partial charge in [-0.05, 0) is 44.2 Å². The number of pyridine rings is 1. The molecule has 0 atom stereocenters. The lowest BCUT2D eigenvalue weighted by atomic mass is 10.2. The van der Waals surface area contributed by atoms with Gasteiger partial charge in [0.05, 0.1) is 0 Å². The van der Waals surface area contributed by atoms with Crippen molar-refractivity contribution >= 4 is 11.7 Å². The Morgan fingerprint density at radius 3 is 2.78 bits per heavy atom. The second-order valence-electron chi connectivity index (χ2n) is 5.16. The molecule has 0 bridgehead atoms. The van der Waals surface area contributed by atoms with E-state index < -0.39 is 0 Å². The summed E-state index contributed by atoms with van der Waals surface area (Å²) in [6, 6.07) is 3.81. The summed E-state index contributed by atoms with van der Waals surface area (Å²) in [6.07, 6.45) is 3.79. The van der Waals surface area contributed by atoms with E-state index in [4.69, 9.17) is 11.1 Å². The van der Waals surface area contributed by atoms with Gasteiger partial charge in [0.2, 0.25) is 0 Å². The molecule has 0 unspecified atom stereocenters. The van der Waals surface area contributed by atoms with E-state index in [9.17, 15) is 0 Å². The molecule has 0 spiro atoms. The highest BCUT2D eigenvalue weighted by molar-refractivity contribution is 5.95. The van der Waals surface area contributed by atoms with Crippen LogP contribution in [0.3, 0.4) is 0 Å². The average Bonchev–Trinajstić information content (AvgIpc) is 3.11. The Morgan fingerprint density at radius 2 is 2.22 bits per heavy atom. The molecule has 4 heteroatoms. The van der Waals surface area contributed by atoms with Gasteiger partial charge in [-0.25, -0.2) is 4.98 Å². The molecule has 4 nitrogen and oxygen atoms in total. The maximum absolute atomic E-state index is 7.56. The minimum absolute atomic E-state index is 0.115. The van der Waals surface area contributed by atoms with E-state index in [0.29, 0.717) is 0 Å². The largest absolute Gasteiger partial charge is 0.384 e. The van der Waals surface area contributed by atoms with Gasteiger partial charge in [-0.1, -0.05) is 6.92 Å². The lowest BCUT2D eigenvalue weighted by Crippen LogP contribution is -2.28. The molecule has 0 amide bonds. The summed E-state index contributed by atoms with van der Waals surface area (Å²) in [6.45, 7) is 6.24. The van der Waals surface area contributed by atoms with Crippen LogP contribution in [0, 0.1) is 18.3 Å². The average molecular weight is 246 g/mol. The first kappa shape index (κ1) is 12.9. The summed E-state index contributed by atoms with van der Waals surface area (Å²) in [5.74, 6) is 1.92.